The van der Waals surface area contributed by atoms with Gasteiger partial charge < -0.3 is 10.4 Å². The average molecular weight is 482 g/mol. The van der Waals surface area contributed by atoms with Crippen molar-refractivity contribution in [3.05, 3.63) is 29.6 Å². The molecule has 0 heterocycles. The Hall–Kier alpha value is -0.960. The normalized spacial score (nSPS) is 10.9. The summed E-state index contributed by atoms with van der Waals surface area (Å²) in [6.45, 7) is 0. The van der Waals surface area contributed by atoms with Crippen LogP contribution in [0.15, 0.2) is 42.7 Å². The lowest BCUT2D eigenvalue weighted by Crippen LogP contribution is -2.14. The molecule has 0 aliphatic heterocycles. The third kappa shape index (κ3) is 4.55. The van der Waals surface area contributed by atoms with Gasteiger partial charge in [0.25, 0.3) is 5.91 Å². The molecule has 2 aromatic rings. The van der Waals surface area contributed by atoms with Crippen LogP contribution in [0.1, 0.15) is 10.4 Å². The van der Waals surface area contributed by atoms with Gasteiger partial charge >= 0.3 is 0 Å². The van der Waals surface area contributed by atoms with Crippen molar-refractivity contribution in [2.24, 2.45) is 0 Å². The molecule has 1 amide bonds. The lowest BCUT2D eigenvalue weighted by molar-refractivity contribution is 0.102. The minimum Gasteiger partial charge on any atom is -0.505 e. The highest BCUT2D eigenvalue weighted by atomic mass is 32.2. The van der Waals surface area contributed by atoms with Crippen LogP contribution in [0.4, 0.5) is 29.5 Å². The molecular formula is C13H5F6NO2S5. The minimum absolute atomic E-state index is 0.300. The molecule has 0 atom stereocenters. The van der Waals surface area contributed by atoms with Gasteiger partial charge in [-0.2, -0.15) is 19.4 Å². The van der Waals surface area contributed by atoms with Crippen LogP contribution in [0.5, 0.6) is 5.75 Å². The Balaban J connectivity index is 2.63. The number of benzene rings is 2. The summed E-state index contributed by atoms with van der Waals surface area (Å²) >= 11 is -3.05. The smallest absolute Gasteiger partial charge is 0.255 e. The molecule has 0 bridgehead atoms. The fourth-order valence-electron chi connectivity index (χ4n) is 1.95. The van der Waals surface area contributed by atoms with Crippen LogP contribution in [-0.2, 0) is 0 Å². The van der Waals surface area contributed by atoms with E-state index in [9.17, 15) is 33.7 Å². The zero-order valence-electron chi connectivity index (χ0n) is 12.4. The van der Waals surface area contributed by atoms with E-state index in [1.807, 2.05) is 0 Å². The third-order valence-electron chi connectivity index (χ3n) is 3.11. The van der Waals surface area contributed by atoms with Crippen molar-refractivity contribution >= 4 is 72.3 Å². The highest BCUT2D eigenvalue weighted by molar-refractivity contribution is 8.00. The summed E-state index contributed by atoms with van der Waals surface area (Å²) in [6, 6.07) is 2.49. The van der Waals surface area contributed by atoms with Gasteiger partial charge in [0.15, 0.2) is 11.6 Å². The van der Waals surface area contributed by atoms with E-state index in [2.05, 4.69) is 5.32 Å². The fourth-order valence-corrected chi connectivity index (χ4v) is 4.80. The Labute approximate surface area is 170 Å². The summed E-state index contributed by atoms with van der Waals surface area (Å²) in [7, 11) is 0. The van der Waals surface area contributed by atoms with Crippen molar-refractivity contribution < 1.29 is 33.7 Å². The summed E-state index contributed by atoms with van der Waals surface area (Å²) in [5.74, 6) is -2.92. The molecule has 0 aliphatic carbocycles. The maximum atomic E-state index is 13.4. The van der Waals surface area contributed by atoms with Gasteiger partial charge in [0.1, 0.15) is 0 Å². The predicted molar refractivity (Wildman–Crippen MR) is 97.3 cm³/mol. The molecule has 0 saturated heterocycles. The fraction of sp³-hybridized carbons (Fsp3) is 0. The molecule has 0 fully saturated rings. The number of hydrogen-bond donors (Lipinski definition) is 2. The first-order valence-electron chi connectivity index (χ1n) is 6.40. The van der Waals surface area contributed by atoms with E-state index in [0.29, 0.717) is 0 Å². The third-order valence-corrected chi connectivity index (χ3v) is 6.44. The van der Waals surface area contributed by atoms with Crippen molar-refractivity contribution in [2.45, 2.75) is 24.5 Å². The lowest BCUT2D eigenvalue weighted by atomic mass is 10.2. The van der Waals surface area contributed by atoms with Crippen molar-refractivity contribution in [1.29, 1.82) is 0 Å². The van der Waals surface area contributed by atoms with Gasteiger partial charge in [0.05, 0.1) is 90.9 Å². The predicted octanol–water partition coefficient (Wildman–Crippen LogP) is 7.67. The van der Waals surface area contributed by atoms with E-state index in [4.69, 9.17) is 0 Å². The molecule has 3 nitrogen and oxygen atoms in total. The van der Waals surface area contributed by atoms with Gasteiger partial charge in [-0.15, -0.1) is 0 Å². The number of hydrogen-bond acceptors (Lipinski definition) is 7. The number of nitrogens with one attached hydrogen (secondary N) is 1. The molecular weight excluding hydrogens is 476 g/mol. The van der Waals surface area contributed by atoms with E-state index < -0.39 is 108 Å². The molecule has 2 aromatic carbocycles. The van der Waals surface area contributed by atoms with Gasteiger partial charge in [0, 0.05) is 5.56 Å². The summed E-state index contributed by atoms with van der Waals surface area (Å²) < 4.78 is 79.5. The average Bonchev–Trinajstić information content (AvgIpc) is 2.68. The maximum Gasteiger partial charge on any atom is 0.255 e. The van der Waals surface area contributed by atoms with E-state index in [0.717, 1.165) is 18.2 Å². The summed E-state index contributed by atoms with van der Waals surface area (Å²) in [4.78, 5) is 8.85. The van der Waals surface area contributed by atoms with Gasteiger partial charge in [-0.05, 0) is 18.2 Å². The second-order valence-corrected chi connectivity index (χ2v) is 7.34. The van der Waals surface area contributed by atoms with Crippen LogP contribution < -0.4 is 5.32 Å². The van der Waals surface area contributed by atoms with Gasteiger partial charge in [-0.3, -0.25) is 4.79 Å². The van der Waals surface area contributed by atoms with E-state index >= 15 is 0 Å². The van der Waals surface area contributed by atoms with Crippen LogP contribution in [0, 0.1) is 5.82 Å². The number of halogens is 6. The molecule has 2 N–H and O–H groups in total. The Bertz CT molecular complexity index is 839. The number of amides is 1. The van der Waals surface area contributed by atoms with Crippen LogP contribution in [-0.4, -0.2) is 11.0 Å². The number of aromatic hydroxyl groups is 1. The van der Waals surface area contributed by atoms with Crippen molar-refractivity contribution in [1.82, 2.24) is 0 Å². The standard InChI is InChI=1S/C13H5F6NO2S5/c14-5-2-1-4(3-6(5)21)13(22)20-7-8(23-15)10(25-17)12(27-19)11(26-18)9(7)24-16/h1-3,21H,(H,20,22). The highest BCUT2D eigenvalue weighted by Crippen LogP contribution is 2.54. The molecule has 0 spiro atoms. The maximum absolute atomic E-state index is 13.4. The van der Waals surface area contributed by atoms with Gasteiger partial charge in [-0.1, -0.05) is 0 Å². The Morgan fingerprint density at radius 2 is 1.26 bits per heavy atom. The molecule has 146 valence electrons. The Morgan fingerprint density at radius 3 is 1.67 bits per heavy atom. The zero-order valence-corrected chi connectivity index (χ0v) is 16.5. The molecule has 0 radical (unpaired) electrons. The van der Waals surface area contributed by atoms with Crippen LogP contribution >= 0.6 is 60.7 Å². The molecule has 0 saturated carbocycles. The second kappa shape index (κ2) is 10.0. The SMILES string of the molecule is O=C(Nc1c(SF)c(SF)c(SF)c(SF)c1SF)c1ccc(F)c(O)c1. The monoisotopic (exact) mass is 481 g/mol. The number of phenols is 1. The quantitative estimate of drug-likeness (QED) is 0.394. The number of carbonyl (C=O) groups excluding carboxylic acids is 1. The first-order valence-corrected chi connectivity index (χ1v) is 9.98. The summed E-state index contributed by atoms with van der Waals surface area (Å²) in [5, 5.41) is 11.4. The van der Waals surface area contributed by atoms with Crippen molar-refractivity contribution in [2.75, 3.05) is 5.32 Å². The number of phenolic OH excluding ortho intramolecular Hbond substituents is 1. The lowest BCUT2D eigenvalue weighted by Gasteiger charge is -2.18. The minimum atomic E-state index is -1.05. The Kier molecular flexibility index (Phi) is 8.27. The summed E-state index contributed by atoms with van der Waals surface area (Å²) in [5.41, 5.74) is -0.937. The number of carbonyl (C=O) groups is 1. The molecule has 2 rings (SSSR count). The van der Waals surface area contributed by atoms with Crippen LogP contribution in [0.2, 0.25) is 0 Å². The van der Waals surface area contributed by atoms with Gasteiger partial charge in [0.2, 0.25) is 0 Å². The molecule has 0 aliphatic rings. The second-order valence-electron chi connectivity index (χ2n) is 4.53. The van der Waals surface area contributed by atoms with Crippen LogP contribution in [0.25, 0.3) is 0 Å². The van der Waals surface area contributed by atoms with Crippen LogP contribution in [0.3, 0.4) is 0 Å². The number of rotatable bonds is 7. The molecule has 0 unspecified atom stereocenters. The molecule has 27 heavy (non-hydrogen) atoms. The molecule has 14 heteroatoms. The Morgan fingerprint density at radius 1 is 0.815 bits per heavy atom. The summed E-state index contributed by atoms with van der Waals surface area (Å²) in [6.07, 6.45) is 0. The first-order chi connectivity index (χ1) is 12.9. The molecule has 0 aromatic heterocycles. The van der Waals surface area contributed by atoms with E-state index in [1.54, 1.807) is 0 Å². The topological polar surface area (TPSA) is 49.3 Å². The van der Waals surface area contributed by atoms with Gasteiger partial charge in [-0.25, -0.2) is 4.39 Å². The largest absolute Gasteiger partial charge is 0.505 e. The van der Waals surface area contributed by atoms with E-state index in [1.165, 1.54) is 0 Å². The van der Waals surface area contributed by atoms with E-state index in [-0.39, 0.29) is 5.56 Å². The van der Waals surface area contributed by atoms with Crippen molar-refractivity contribution in [3.8, 4) is 5.75 Å². The highest BCUT2D eigenvalue weighted by Gasteiger charge is 2.29. The number of anilines is 1. The first kappa shape index (κ1) is 22.3. The van der Waals surface area contributed by atoms with Crippen molar-refractivity contribution in [3.63, 3.8) is 0 Å². The zero-order chi connectivity index (χ0) is 20.1.